The number of furan rings is 1. The van der Waals surface area contributed by atoms with Gasteiger partial charge >= 0.3 is 0 Å². The number of aliphatic imine (C=N–C) groups is 1. The minimum absolute atomic E-state index is 0. The van der Waals surface area contributed by atoms with Gasteiger partial charge in [0.15, 0.2) is 5.96 Å². The first kappa shape index (κ1) is 25.2. The van der Waals surface area contributed by atoms with Crippen LogP contribution in [0, 0.1) is 0 Å². The number of hydrogen-bond acceptors (Lipinski definition) is 5. The highest BCUT2D eigenvalue weighted by atomic mass is 127. The molecule has 1 saturated heterocycles. The van der Waals surface area contributed by atoms with Crippen molar-refractivity contribution in [3.8, 4) is 0 Å². The largest absolute Gasteiger partial charge is 0.469 e. The number of nitrogens with zero attached hydrogens (tertiary/aromatic N) is 3. The molecule has 1 aliphatic heterocycles. The van der Waals surface area contributed by atoms with E-state index in [0.717, 1.165) is 38.1 Å². The van der Waals surface area contributed by atoms with E-state index in [1.165, 1.54) is 4.90 Å². The molecule has 1 aromatic heterocycles. The van der Waals surface area contributed by atoms with Gasteiger partial charge in [0.25, 0.3) is 0 Å². The zero-order valence-electron chi connectivity index (χ0n) is 17.4. The first-order valence-corrected chi connectivity index (χ1v) is 9.68. The Morgan fingerprint density at radius 3 is 2.62 bits per heavy atom. The van der Waals surface area contributed by atoms with Gasteiger partial charge < -0.3 is 25.3 Å². The van der Waals surface area contributed by atoms with Crippen LogP contribution < -0.4 is 16.0 Å². The number of nitrogens with one attached hydrogen (secondary N) is 3. The van der Waals surface area contributed by atoms with Crippen LogP contribution in [-0.4, -0.2) is 87.5 Å². The van der Waals surface area contributed by atoms with Crippen molar-refractivity contribution >= 4 is 41.8 Å². The molecule has 0 unspecified atom stereocenters. The van der Waals surface area contributed by atoms with E-state index in [1.807, 2.05) is 12.1 Å². The zero-order valence-corrected chi connectivity index (χ0v) is 19.8. The van der Waals surface area contributed by atoms with Crippen LogP contribution in [0.4, 0.5) is 0 Å². The van der Waals surface area contributed by atoms with Crippen LogP contribution in [0.25, 0.3) is 0 Å². The Bertz CT molecular complexity index is 642. The lowest BCUT2D eigenvalue weighted by atomic mass is 10.1. The Labute approximate surface area is 189 Å². The van der Waals surface area contributed by atoms with Crippen LogP contribution in [0.3, 0.4) is 0 Å². The first-order chi connectivity index (χ1) is 13.5. The first-order valence-electron chi connectivity index (χ1n) is 9.68. The fourth-order valence-corrected chi connectivity index (χ4v) is 2.91. The van der Waals surface area contributed by atoms with Crippen LogP contribution >= 0.6 is 24.0 Å². The van der Waals surface area contributed by atoms with Crippen molar-refractivity contribution in [1.29, 1.82) is 0 Å². The summed E-state index contributed by atoms with van der Waals surface area (Å²) in [5.41, 5.74) is 0. The third-order valence-electron chi connectivity index (χ3n) is 4.69. The van der Waals surface area contributed by atoms with Gasteiger partial charge in [-0.15, -0.1) is 24.0 Å². The van der Waals surface area contributed by atoms with E-state index in [2.05, 4.69) is 25.8 Å². The Balaban J connectivity index is 0.00000420. The summed E-state index contributed by atoms with van der Waals surface area (Å²) in [4.78, 5) is 31.5. The maximum absolute atomic E-state index is 11.9. The maximum Gasteiger partial charge on any atom is 0.243 e. The highest BCUT2D eigenvalue weighted by molar-refractivity contribution is 14.0. The average molecular weight is 520 g/mol. The number of likely N-dealkylation sites (tertiary alicyclic amines) is 1. The molecule has 1 aromatic rings. The van der Waals surface area contributed by atoms with Crippen LogP contribution in [-0.2, 0) is 16.0 Å². The fraction of sp³-hybridized carbons (Fsp3) is 0.632. The summed E-state index contributed by atoms with van der Waals surface area (Å²) in [6.07, 6.45) is 4.22. The quantitative estimate of drug-likeness (QED) is 0.259. The van der Waals surface area contributed by atoms with E-state index < -0.39 is 0 Å². The third kappa shape index (κ3) is 9.48. The predicted octanol–water partition coefficient (Wildman–Crippen LogP) is 0.274. The van der Waals surface area contributed by atoms with Crippen LogP contribution in [0.5, 0.6) is 0 Å². The molecule has 164 valence electrons. The van der Waals surface area contributed by atoms with Gasteiger partial charge in [0.1, 0.15) is 12.3 Å². The number of amides is 2. The van der Waals surface area contributed by atoms with Gasteiger partial charge in [-0.05, 0) is 25.0 Å². The highest BCUT2D eigenvalue weighted by Crippen LogP contribution is 2.10. The van der Waals surface area contributed by atoms with Crippen molar-refractivity contribution in [2.45, 2.75) is 25.3 Å². The van der Waals surface area contributed by atoms with E-state index in [-0.39, 0.29) is 48.4 Å². The van der Waals surface area contributed by atoms with Gasteiger partial charge in [0, 0.05) is 53.2 Å². The van der Waals surface area contributed by atoms with Crippen molar-refractivity contribution < 1.29 is 14.0 Å². The van der Waals surface area contributed by atoms with E-state index in [4.69, 9.17) is 4.42 Å². The predicted molar refractivity (Wildman–Crippen MR) is 123 cm³/mol. The maximum atomic E-state index is 11.9. The lowest BCUT2D eigenvalue weighted by molar-refractivity contribution is -0.127. The fourth-order valence-electron chi connectivity index (χ4n) is 2.91. The number of halogens is 1. The van der Waals surface area contributed by atoms with Crippen molar-refractivity contribution in [2.24, 2.45) is 4.99 Å². The Morgan fingerprint density at radius 2 is 2.03 bits per heavy atom. The molecule has 0 aromatic carbocycles. The SMILES string of the molecule is CNC(=O)CN1CCC(NC(=NCC(=O)N(C)C)NCCc2ccco2)CC1.I. The van der Waals surface area contributed by atoms with Crippen LogP contribution in [0.1, 0.15) is 18.6 Å². The molecule has 29 heavy (non-hydrogen) atoms. The number of piperidine rings is 1. The molecule has 0 saturated carbocycles. The molecular formula is C19H33IN6O3. The molecular weight excluding hydrogens is 487 g/mol. The normalized spacial score (nSPS) is 15.3. The Morgan fingerprint density at radius 1 is 1.31 bits per heavy atom. The number of guanidine groups is 1. The second-order valence-corrected chi connectivity index (χ2v) is 7.08. The lowest BCUT2D eigenvalue weighted by Crippen LogP contribution is -2.50. The molecule has 2 amide bonds. The smallest absolute Gasteiger partial charge is 0.243 e. The summed E-state index contributed by atoms with van der Waals surface area (Å²) >= 11 is 0. The second-order valence-electron chi connectivity index (χ2n) is 7.08. The van der Waals surface area contributed by atoms with Gasteiger partial charge in [-0.25, -0.2) is 4.99 Å². The molecule has 0 atom stereocenters. The van der Waals surface area contributed by atoms with E-state index in [0.29, 0.717) is 19.0 Å². The van der Waals surface area contributed by atoms with E-state index in [1.54, 1.807) is 27.4 Å². The summed E-state index contributed by atoms with van der Waals surface area (Å²) in [7, 11) is 5.09. The summed E-state index contributed by atoms with van der Waals surface area (Å²) < 4.78 is 5.35. The Hall–Kier alpha value is -1.82. The van der Waals surface area contributed by atoms with Crippen molar-refractivity contribution in [2.75, 3.05) is 53.9 Å². The summed E-state index contributed by atoms with van der Waals surface area (Å²) in [5, 5.41) is 9.37. The van der Waals surface area contributed by atoms with Gasteiger partial charge in [0.05, 0.1) is 12.8 Å². The molecule has 3 N–H and O–H groups in total. The number of carbonyl (C=O) groups excluding carboxylic acids is 2. The molecule has 0 aliphatic carbocycles. The number of rotatable bonds is 8. The van der Waals surface area contributed by atoms with Crippen LogP contribution in [0.15, 0.2) is 27.8 Å². The van der Waals surface area contributed by atoms with Crippen molar-refractivity contribution in [3.63, 3.8) is 0 Å². The lowest BCUT2D eigenvalue weighted by Gasteiger charge is -2.32. The minimum atomic E-state index is -0.0486. The van der Waals surface area contributed by atoms with Gasteiger partial charge in [0.2, 0.25) is 11.8 Å². The van der Waals surface area contributed by atoms with Crippen molar-refractivity contribution in [3.05, 3.63) is 24.2 Å². The molecule has 1 aliphatic rings. The number of hydrogen-bond donors (Lipinski definition) is 3. The highest BCUT2D eigenvalue weighted by Gasteiger charge is 2.21. The molecule has 2 heterocycles. The standard InChI is InChI=1S/C19H32N6O3.HI/c1-20-17(26)14-25-10-7-15(8-11-25)23-19(22-13-18(27)24(2)3)21-9-6-16-5-4-12-28-16;/h4-5,12,15H,6-11,13-14H2,1-3H3,(H,20,26)(H2,21,22,23);1H. The Kier molecular flexibility index (Phi) is 11.7. The number of likely N-dealkylation sites (N-methyl/N-ethyl adjacent to an activating group) is 2. The van der Waals surface area contributed by atoms with Crippen LogP contribution in [0.2, 0.25) is 0 Å². The molecule has 0 spiro atoms. The molecule has 0 radical (unpaired) electrons. The summed E-state index contributed by atoms with van der Waals surface area (Å²) in [5.74, 6) is 1.52. The van der Waals surface area contributed by atoms with Gasteiger partial charge in [-0.2, -0.15) is 0 Å². The van der Waals surface area contributed by atoms with E-state index >= 15 is 0 Å². The minimum Gasteiger partial charge on any atom is -0.469 e. The third-order valence-corrected chi connectivity index (χ3v) is 4.69. The average Bonchev–Trinajstić information content (AvgIpc) is 3.20. The zero-order chi connectivity index (χ0) is 20.4. The second kappa shape index (κ2) is 13.4. The molecule has 9 nitrogen and oxygen atoms in total. The van der Waals surface area contributed by atoms with Crippen molar-refractivity contribution in [1.82, 2.24) is 25.8 Å². The van der Waals surface area contributed by atoms with E-state index in [9.17, 15) is 9.59 Å². The summed E-state index contributed by atoms with van der Waals surface area (Å²) in [6.45, 7) is 2.88. The topological polar surface area (TPSA) is 102 Å². The molecule has 0 bridgehead atoms. The molecule has 10 heteroatoms. The summed E-state index contributed by atoms with van der Waals surface area (Å²) in [6, 6.07) is 4.06. The molecule has 2 rings (SSSR count). The number of carbonyl (C=O) groups is 2. The monoisotopic (exact) mass is 520 g/mol. The van der Waals surface area contributed by atoms with Gasteiger partial charge in [-0.1, -0.05) is 0 Å². The van der Waals surface area contributed by atoms with Gasteiger partial charge in [-0.3, -0.25) is 14.5 Å². The molecule has 1 fully saturated rings.